The molecule has 0 amide bonds. The van der Waals surface area contributed by atoms with E-state index in [9.17, 15) is 15.2 Å². The van der Waals surface area contributed by atoms with E-state index in [1.165, 1.54) is 6.07 Å². The molecule has 7 heteroatoms. The first-order chi connectivity index (χ1) is 15.4. The summed E-state index contributed by atoms with van der Waals surface area (Å²) in [6.45, 7) is 12.3. The lowest BCUT2D eigenvalue weighted by atomic mass is 9.79. The van der Waals surface area contributed by atoms with E-state index < -0.39 is 4.92 Å². The molecule has 2 heterocycles. The van der Waals surface area contributed by atoms with Gasteiger partial charge in [-0.15, -0.1) is 0 Å². The summed E-state index contributed by atoms with van der Waals surface area (Å²) in [6, 6.07) is 12.3. The molecule has 0 aliphatic rings. The summed E-state index contributed by atoms with van der Waals surface area (Å²) in [6.07, 6.45) is 3.42. The second kappa shape index (κ2) is 7.69. The van der Waals surface area contributed by atoms with Crippen LogP contribution in [-0.4, -0.2) is 24.6 Å². The number of phenolic OH excluding ortho intramolecular Hbond substituents is 1. The molecule has 2 aromatic heterocycles. The van der Waals surface area contributed by atoms with Crippen molar-refractivity contribution in [3.63, 3.8) is 0 Å². The van der Waals surface area contributed by atoms with Crippen LogP contribution in [0.15, 0.2) is 54.9 Å². The van der Waals surface area contributed by atoms with Gasteiger partial charge in [0.15, 0.2) is 0 Å². The van der Waals surface area contributed by atoms with Gasteiger partial charge in [-0.1, -0.05) is 41.5 Å². The topological polar surface area (TPSA) is 94.1 Å². The van der Waals surface area contributed by atoms with E-state index in [0.717, 1.165) is 22.4 Å². The van der Waals surface area contributed by atoms with Crippen molar-refractivity contribution in [3.8, 4) is 22.8 Å². The van der Waals surface area contributed by atoms with Gasteiger partial charge in [-0.2, -0.15) is 0 Å². The lowest BCUT2D eigenvalue weighted by molar-refractivity contribution is -0.384. The van der Waals surface area contributed by atoms with E-state index in [2.05, 4.69) is 46.5 Å². The number of fused-ring (bicyclic) bond motifs is 1. The van der Waals surface area contributed by atoms with Gasteiger partial charge in [0.25, 0.3) is 5.69 Å². The molecular formula is C26H28N4O3. The number of benzene rings is 2. The van der Waals surface area contributed by atoms with Crippen molar-refractivity contribution >= 4 is 16.7 Å². The normalized spacial score (nSPS) is 12.3. The summed E-state index contributed by atoms with van der Waals surface area (Å²) in [5, 5.41) is 22.7. The Kier molecular flexibility index (Phi) is 5.23. The zero-order chi connectivity index (χ0) is 24.1. The Bertz CT molecular complexity index is 1330. The minimum atomic E-state index is -0.404. The Hall–Kier alpha value is -3.74. The maximum absolute atomic E-state index is 11.5. The average molecular weight is 445 g/mol. The third-order valence-electron chi connectivity index (χ3n) is 5.74. The molecule has 170 valence electrons. The zero-order valence-corrected chi connectivity index (χ0v) is 19.7. The number of rotatable bonds is 3. The molecule has 0 atom stereocenters. The highest BCUT2D eigenvalue weighted by Gasteiger charge is 2.28. The van der Waals surface area contributed by atoms with Gasteiger partial charge in [0.2, 0.25) is 0 Å². The van der Waals surface area contributed by atoms with Crippen LogP contribution >= 0.6 is 0 Å². The second-order valence-corrected chi connectivity index (χ2v) is 10.3. The molecule has 0 unspecified atom stereocenters. The number of nitro groups is 1. The predicted octanol–water partition coefficient (Wildman–Crippen LogP) is 6.30. The molecule has 0 saturated carbocycles. The summed E-state index contributed by atoms with van der Waals surface area (Å²) in [4.78, 5) is 20.2. The van der Waals surface area contributed by atoms with Gasteiger partial charge in [-0.3, -0.25) is 19.7 Å². The number of nitro benzene ring substituents is 1. The van der Waals surface area contributed by atoms with Crippen LogP contribution in [-0.2, 0) is 10.8 Å². The molecule has 0 aliphatic carbocycles. The predicted molar refractivity (Wildman–Crippen MR) is 130 cm³/mol. The minimum Gasteiger partial charge on any atom is -0.507 e. The van der Waals surface area contributed by atoms with Gasteiger partial charge in [-0.25, -0.2) is 4.98 Å². The lowest BCUT2D eigenvalue weighted by Crippen LogP contribution is -2.18. The van der Waals surface area contributed by atoms with E-state index in [1.807, 2.05) is 28.8 Å². The first-order valence-electron chi connectivity index (χ1n) is 10.8. The van der Waals surface area contributed by atoms with Gasteiger partial charge >= 0.3 is 0 Å². The van der Waals surface area contributed by atoms with Crippen molar-refractivity contribution < 1.29 is 10.0 Å². The second-order valence-electron chi connectivity index (χ2n) is 10.3. The Morgan fingerprint density at radius 1 is 0.970 bits per heavy atom. The van der Waals surface area contributed by atoms with Crippen LogP contribution in [0.4, 0.5) is 5.69 Å². The van der Waals surface area contributed by atoms with Crippen molar-refractivity contribution in [2.75, 3.05) is 0 Å². The van der Waals surface area contributed by atoms with E-state index in [4.69, 9.17) is 4.98 Å². The standard InChI is InChI=1S/C26H28N4O3/c1-25(2,3)19-12-18(13-20(23(19)31)26(4,5)6)29-22-14-17(30(32)33)9-10-21(22)28-24(29)16-8-7-11-27-15-16/h7-15,31H,1-6H3. The number of imidazole rings is 1. The van der Waals surface area contributed by atoms with E-state index in [0.29, 0.717) is 16.9 Å². The SMILES string of the molecule is CC(C)(C)c1cc(-n2c(-c3cccnc3)nc3ccc([N+](=O)[O-])cc32)cc(C(C)(C)C)c1O. The van der Waals surface area contributed by atoms with Crippen LogP contribution in [0.1, 0.15) is 52.7 Å². The Morgan fingerprint density at radius 3 is 2.12 bits per heavy atom. The van der Waals surface area contributed by atoms with Crippen LogP contribution in [0.5, 0.6) is 5.75 Å². The van der Waals surface area contributed by atoms with Crippen LogP contribution in [0.3, 0.4) is 0 Å². The highest BCUT2D eigenvalue weighted by atomic mass is 16.6. The summed E-state index contributed by atoms with van der Waals surface area (Å²) in [7, 11) is 0. The van der Waals surface area contributed by atoms with E-state index in [-0.39, 0.29) is 22.3 Å². The molecule has 1 N–H and O–H groups in total. The smallest absolute Gasteiger partial charge is 0.271 e. The molecule has 4 rings (SSSR count). The molecule has 0 spiro atoms. The molecular weight excluding hydrogens is 416 g/mol. The van der Waals surface area contributed by atoms with E-state index in [1.54, 1.807) is 24.5 Å². The number of non-ortho nitro benzene ring substituents is 1. The van der Waals surface area contributed by atoms with Crippen LogP contribution in [0.2, 0.25) is 0 Å². The molecule has 0 bridgehead atoms. The van der Waals surface area contributed by atoms with Crippen molar-refractivity contribution in [2.45, 2.75) is 52.4 Å². The van der Waals surface area contributed by atoms with Gasteiger partial charge in [0.05, 0.1) is 16.0 Å². The van der Waals surface area contributed by atoms with Gasteiger partial charge < -0.3 is 5.11 Å². The summed E-state index contributed by atoms with van der Waals surface area (Å²) >= 11 is 0. The van der Waals surface area contributed by atoms with E-state index >= 15 is 0 Å². The molecule has 4 aromatic rings. The maximum Gasteiger partial charge on any atom is 0.271 e. The van der Waals surface area contributed by atoms with Crippen molar-refractivity contribution in [2.24, 2.45) is 0 Å². The van der Waals surface area contributed by atoms with Crippen LogP contribution in [0.25, 0.3) is 28.1 Å². The maximum atomic E-state index is 11.5. The van der Waals surface area contributed by atoms with Crippen LogP contribution < -0.4 is 0 Å². The minimum absolute atomic E-state index is 0.00717. The third kappa shape index (κ3) is 4.06. The monoisotopic (exact) mass is 444 g/mol. The van der Waals surface area contributed by atoms with Gasteiger partial charge in [0, 0.05) is 46.9 Å². The number of aromatic nitrogens is 3. The van der Waals surface area contributed by atoms with Crippen molar-refractivity contribution in [1.82, 2.24) is 14.5 Å². The zero-order valence-electron chi connectivity index (χ0n) is 19.7. The molecule has 0 radical (unpaired) electrons. The first kappa shape index (κ1) is 22.5. The largest absolute Gasteiger partial charge is 0.507 e. The molecule has 33 heavy (non-hydrogen) atoms. The summed E-state index contributed by atoms with van der Waals surface area (Å²) < 4.78 is 1.92. The molecule has 0 fully saturated rings. The summed E-state index contributed by atoms with van der Waals surface area (Å²) in [5.41, 5.74) is 3.78. The fourth-order valence-corrected chi connectivity index (χ4v) is 4.02. The highest BCUT2D eigenvalue weighted by Crippen LogP contribution is 2.42. The number of phenols is 1. The number of nitrogens with zero attached hydrogens (tertiary/aromatic N) is 4. The number of hydrogen-bond acceptors (Lipinski definition) is 5. The number of hydrogen-bond donors (Lipinski definition) is 1. The Balaban J connectivity index is 2.14. The molecule has 7 nitrogen and oxygen atoms in total. The molecule has 0 aliphatic heterocycles. The van der Waals surface area contributed by atoms with Crippen LogP contribution in [0, 0.1) is 10.1 Å². The Morgan fingerprint density at radius 2 is 1.61 bits per heavy atom. The fraction of sp³-hybridized carbons (Fsp3) is 0.308. The highest BCUT2D eigenvalue weighted by molar-refractivity contribution is 5.85. The number of aromatic hydroxyl groups is 1. The van der Waals surface area contributed by atoms with Gasteiger partial charge in [-0.05, 0) is 41.2 Å². The van der Waals surface area contributed by atoms with Crippen molar-refractivity contribution in [1.29, 1.82) is 0 Å². The molecule has 0 saturated heterocycles. The summed E-state index contributed by atoms with van der Waals surface area (Å²) in [5.74, 6) is 0.904. The average Bonchev–Trinajstić information content (AvgIpc) is 3.11. The fourth-order valence-electron chi connectivity index (χ4n) is 4.02. The lowest BCUT2D eigenvalue weighted by Gasteiger charge is -2.28. The quantitative estimate of drug-likeness (QED) is 0.296. The van der Waals surface area contributed by atoms with Crippen molar-refractivity contribution in [3.05, 3.63) is 76.1 Å². The van der Waals surface area contributed by atoms with Gasteiger partial charge in [0.1, 0.15) is 11.6 Å². The Labute approximate surface area is 192 Å². The number of pyridine rings is 1. The molecule has 2 aromatic carbocycles. The first-order valence-corrected chi connectivity index (χ1v) is 10.8. The third-order valence-corrected chi connectivity index (χ3v) is 5.74.